The Balaban J connectivity index is 1.78. The molecule has 0 atom stereocenters. The minimum Gasteiger partial charge on any atom is -0.324 e. The molecule has 0 saturated carbocycles. The number of nitrogens with one attached hydrogen (secondary N) is 2. The molecule has 128 valence electrons. The number of aromatic nitrogens is 2. The minimum absolute atomic E-state index is 0.259. The Bertz CT molecular complexity index is 987. The smallest absolute Gasteiger partial charge is 0.255 e. The lowest BCUT2D eigenvalue weighted by atomic mass is 10.1. The van der Waals surface area contributed by atoms with Crippen LogP contribution in [0, 0.1) is 25.2 Å². The van der Waals surface area contributed by atoms with E-state index in [2.05, 4.69) is 26.7 Å². The molecule has 3 rings (SSSR count). The molecular formula is C20H17N5O. The van der Waals surface area contributed by atoms with Crippen molar-refractivity contribution in [3.63, 3.8) is 0 Å². The normalized spacial score (nSPS) is 10.0. The lowest BCUT2D eigenvalue weighted by Crippen LogP contribution is -2.12. The molecule has 0 bridgehead atoms. The number of nitriles is 1. The molecule has 1 aromatic heterocycles. The summed E-state index contributed by atoms with van der Waals surface area (Å²) in [5.41, 5.74) is 4.00. The van der Waals surface area contributed by atoms with Gasteiger partial charge in [-0.3, -0.25) is 4.79 Å². The first-order valence-electron chi connectivity index (χ1n) is 8.04. The van der Waals surface area contributed by atoms with Crippen LogP contribution >= 0.6 is 0 Å². The average Bonchev–Trinajstić information content (AvgIpc) is 2.61. The molecule has 0 saturated heterocycles. The molecule has 1 amide bonds. The highest BCUT2D eigenvalue weighted by Gasteiger charge is 2.08. The van der Waals surface area contributed by atoms with Gasteiger partial charge in [0.25, 0.3) is 5.91 Å². The molecule has 0 aliphatic rings. The highest BCUT2D eigenvalue weighted by Crippen LogP contribution is 2.17. The van der Waals surface area contributed by atoms with Gasteiger partial charge in [-0.25, -0.2) is 9.97 Å². The van der Waals surface area contributed by atoms with Crippen LogP contribution in [0.3, 0.4) is 0 Å². The molecule has 0 aliphatic heterocycles. The highest BCUT2D eigenvalue weighted by atomic mass is 16.1. The van der Waals surface area contributed by atoms with Gasteiger partial charge in [0.15, 0.2) is 0 Å². The standard InChI is InChI=1S/C20H17N5O/c1-13-9-14(2)23-20(22-13)25-18-8-4-6-16(11-18)19(26)24-17-7-3-5-15(10-17)12-21/h3-11H,1-2H3,(H,24,26)(H,22,23,25). The average molecular weight is 343 g/mol. The summed E-state index contributed by atoms with van der Waals surface area (Å²) in [5, 5.41) is 14.9. The van der Waals surface area contributed by atoms with Gasteiger partial charge in [0.05, 0.1) is 11.6 Å². The van der Waals surface area contributed by atoms with Crippen molar-refractivity contribution in [1.29, 1.82) is 5.26 Å². The van der Waals surface area contributed by atoms with E-state index in [4.69, 9.17) is 5.26 Å². The maximum Gasteiger partial charge on any atom is 0.255 e. The molecule has 0 aliphatic carbocycles. The van der Waals surface area contributed by atoms with Crippen molar-refractivity contribution < 1.29 is 4.79 Å². The fourth-order valence-corrected chi connectivity index (χ4v) is 2.52. The molecular weight excluding hydrogens is 326 g/mol. The lowest BCUT2D eigenvalue weighted by molar-refractivity contribution is 0.102. The van der Waals surface area contributed by atoms with E-state index < -0.39 is 0 Å². The zero-order valence-electron chi connectivity index (χ0n) is 14.4. The Hall–Kier alpha value is -3.72. The number of amides is 1. The van der Waals surface area contributed by atoms with E-state index in [1.54, 1.807) is 42.5 Å². The zero-order chi connectivity index (χ0) is 18.5. The number of benzene rings is 2. The Labute approximate surface area is 151 Å². The first-order valence-corrected chi connectivity index (χ1v) is 8.04. The Kier molecular flexibility index (Phi) is 4.90. The van der Waals surface area contributed by atoms with Crippen LogP contribution in [0.4, 0.5) is 17.3 Å². The van der Waals surface area contributed by atoms with E-state index in [1.807, 2.05) is 26.0 Å². The Morgan fingerprint density at radius 3 is 2.38 bits per heavy atom. The number of nitrogens with zero attached hydrogens (tertiary/aromatic N) is 3. The molecule has 2 aromatic carbocycles. The summed E-state index contributed by atoms with van der Waals surface area (Å²) in [6, 6.07) is 17.8. The number of carbonyl (C=O) groups excluding carboxylic acids is 1. The summed E-state index contributed by atoms with van der Waals surface area (Å²) >= 11 is 0. The van der Waals surface area contributed by atoms with Crippen LogP contribution in [0.25, 0.3) is 0 Å². The fraction of sp³-hybridized carbons (Fsp3) is 0.100. The van der Waals surface area contributed by atoms with Gasteiger partial charge in [-0.05, 0) is 56.3 Å². The minimum atomic E-state index is -0.259. The van der Waals surface area contributed by atoms with Gasteiger partial charge in [-0.15, -0.1) is 0 Å². The predicted molar refractivity (Wildman–Crippen MR) is 100 cm³/mol. The topological polar surface area (TPSA) is 90.7 Å². The van der Waals surface area contributed by atoms with Crippen LogP contribution in [0.5, 0.6) is 0 Å². The number of hydrogen-bond donors (Lipinski definition) is 2. The van der Waals surface area contributed by atoms with E-state index in [0.717, 1.165) is 11.4 Å². The summed E-state index contributed by atoms with van der Waals surface area (Å²) in [6.45, 7) is 3.80. The molecule has 6 nitrogen and oxygen atoms in total. The van der Waals surface area contributed by atoms with Gasteiger partial charge >= 0.3 is 0 Å². The van der Waals surface area contributed by atoms with Crippen LogP contribution in [0.1, 0.15) is 27.3 Å². The van der Waals surface area contributed by atoms with Crippen LogP contribution in [0.15, 0.2) is 54.6 Å². The third-order valence-corrected chi connectivity index (χ3v) is 3.61. The van der Waals surface area contributed by atoms with Crippen LogP contribution in [-0.2, 0) is 0 Å². The zero-order valence-corrected chi connectivity index (χ0v) is 14.4. The maximum absolute atomic E-state index is 12.5. The van der Waals surface area contributed by atoms with Crippen LogP contribution < -0.4 is 10.6 Å². The molecule has 0 spiro atoms. The molecule has 3 aromatic rings. The molecule has 0 radical (unpaired) electrons. The Morgan fingerprint density at radius 2 is 1.65 bits per heavy atom. The van der Waals surface area contributed by atoms with Crippen molar-refractivity contribution in [2.45, 2.75) is 13.8 Å². The summed E-state index contributed by atoms with van der Waals surface area (Å²) in [4.78, 5) is 21.1. The summed E-state index contributed by atoms with van der Waals surface area (Å²) in [7, 11) is 0. The molecule has 6 heteroatoms. The first kappa shape index (κ1) is 17.1. The maximum atomic E-state index is 12.5. The number of hydrogen-bond acceptors (Lipinski definition) is 5. The number of aryl methyl sites for hydroxylation is 2. The van der Waals surface area contributed by atoms with Gasteiger partial charge in [0.2, 0.25) is 5.95 Å². The van der Waals surface area contributed by atoms with E-state index in [9.17, 15) is 4.79 Å². The molecule has 26 heavy (non-hydrogen) atoms. The van der Waals surface area contributed by atoms with Crippen molar-refractivity contribution in [2.24, 2.45) is 0 Å². The van der Waals surface area contributed by atoms with Gasteiger partial charge in [-0.1, -0.05) is 12.1 Å². The number of rotatable bonds is 4. The highest BCUT2D eigenvalue weighted by molar-refractivity contribution is 6.04. The fourth-order valence-electron chi connectivity index (χ4n) is 2.52. The molecule has 1 heterocycles. The summed E-state index contributed by atoms with van der Waals surface area (Å²) < 4.78 is 0. The second kappa shape index (κ2) is 7.45. The second-order valence-corrected chi connectivity index (χ2v) is 5.83. The van der Waals surface area contributed by atoms with Crippen molar-refractivity contribution in [2.75, 3.05) is 10.6 Å². The van der Waals surface area contributed by atoms with Crippen molar-refractivity contribution >= 4 is 23.2 Å². The van der Waals surface area contributed by atoms with E-state index in [0.29, 0.717) is 28.5 Å². The van der Waals surface area contributed by atoms with E-state index >= 15 is 0 Å². The first-order chi connectivity index (χ1) is 12.5. The molecule has 0 fully saturated rings. The number of anilines is 3. The van der Waals surface area contributed by atoms with E-state index in [1.165, 1.54) is 0 Å². The van der Waals surface area contributed by atoms with Crippen LogP contribution in [-0.4, -0.2) is 15.9 Å². The second-order valence-electron chi connectivity index (χ2n) is 5.83. The van der Waals surface area contributed by atoms with Crippen molar-refractivity contribution in [3.05, 3.63) is 77.1 Å². The summed E-state index contributed by atoms with van der Waals surface area (Å²) in [6.07, 6.45) is 0. The monoisotopic (exact) mass is 343 g/mol. The third-order valence-electron chi connectivity index (χ3n) is 3.61. The van der Waals surface area contributed by atoms with Gasteiger partial charge < -0.3 is 10.6 Å². The molecule has 2 N–H and O–H groups in total. The quantitative estimate of drug-likeness (QED) is 0.748. The molecule has 0 unspecified atom stereocenters. The SMILES string of the molecule is Cc1cc(C)nc(Nc2cccc(C(=O)Nc3cccc(C#N)c3)c2)n1. The third kappa shape index (κ3) is 4.22. The lowest BCUT2D eigenvalue weighted by Gasteiger charge is -2.09. The van der Waals surface area contributed by atoms with Gasteiger partial charge in [-0.2, -0.15) is 5.26 Å². The summed E-state index contributed by atoms with van der Waals surface area (Å²) in [5.74, 6) is 0.229. The van der Waals surface area contributed by atoms with Gasteiger partial charge in [0, 0.05) is 28.3 Å². The van der Waals surface area contributed by atoms with Crippen molar-refractivity contribution in [1.82, 2.24) is 9.97 Å². The Morgan fingerprint density at radius 1 is 0.962 bits per heavy atom. The van der Waals surface area contributed by atoms with Crippen molar-refractivity contribution in [3.8, 4) is 6.07 Å². The predicted octanol–water partition coefficient (Wildman–Crippen LogP) is 3.96. The van der Waals surface area contributed by atoms with Gasteiger partial charge in [0.1, 0.15) is 0 Å². The largest absolute Gasteiger partial charge is 0.324 e. The van der Waals surface area contributed by atoms with E-state index in [-0.39, 0.29) is 5.91 Å². The van der Waals surface area contributed by atoms with Crippen LogP contribution in [0.2, 0.25) is 0 Å². The number of carbonyl (C=O) groups is 1.